The number of hydrogen-bond donors (Lipinski definition) is 1. The van der Waals surface area contributed by atoms with Gasteiger partial charge in [-0.3, -0.25) is 0 Å². The normalized spacial score (nSPS) is 14.5. The van der Waals surface area contributed by atoms with Crippen LogP contribution in [0.3, 0.4) is 0 Å². The Balaban J connectivity index is 2.39. The lowest BCUT2D eigenvalue weighted by atomic mass is 9.88. The van der Waals surface area contributed by atoms with E-state index in [1.807, 2.05) is 0 Å². The lowest BCUT2D eigenvalue weighted by Crippen LogP contribution is -2.13. The van der Waals surface area contributed by atoms with Crippen LogP contribution in [0.1, 0.15) is 45.2 Å². The molecule has 0 bridgehead atoms. The van der Waals surface area contributed by atoms with Gasteiger partial charge in [0.1, 0.15) is 0 Å². The van der Waals surface area contributed by atoms with E-state index in [-0.39, 0.29) is 6.04 Å². The molecule has 0 aromatic carbocycles. The van der Waals surface area contributed by atoms with E-state index in [0.29, 0.717) is 5.41 Å². The molecule has 0 saturated carbocycles. The van der Waals surface area contributed by atoms with Crippen LogP contribution in [-0.4, -0.2) is 0 Å². The quantitative estimate of drug-likeness (QED) is 0.787. The average Bonchev–Trinajstić information content (AvgIpc) is 2.50. The van der Waals surface area contributed by atoms with E-state index < -0.39 is 0 Å². The number of hydrogen-bond acceptors (Lipinski definition) is 2. The number of thiophene rings is 1. The Morgan fingerprint density at radius 1 is 1.46 bits per heavy atom. The largest absolute Gasteiger partial charge is 0.324 e. The van der Waals surface area contributed by atoms with Gasteiger partial charge in [-0.05, 0) is 40.6 Å². The molecule has 13 heavy (non-hydrogen) atoms. The Hall–Kier alpha value is -0.340. The first-order chi connectivity index (χ1) is 5.99. The van der Waals surface area contributed by atoms with Gasteiger partial charge in [0.25, 0.3) is 0 Å². The highest BCUT2D eigenvalue weighted by Crippen LogP contribution is 2.26. The molecule has 74 valence electrons. The van der Waals surface area contributed by atoms with Crippen molar-refractivity contribution in [3.8, 4) is 0 Å². The fourth-order valence-electron chi connectivity index (χ4n) is 1.24. The Bertz CT molecular complexity index is 233. The summed E-state index contributed by atoms with van der Waals surface area (Å²) in [6.07, 6.45) is 2.27. The molecule has 0 spiro atoms. The average molecular weight is 197 g/mol. The van der Waals surface area contributed by atoms with Crippen molar-refractivity contribution in [2.45, 2.75) is 39.7 Å². The van der Waals surface area contributed by atoms with Crippen molar-refractivity contribution in [3.63, 3.8) is 0 Å². The van der Waals surface area contributed by atoms with Crippen molar-refractivity contribution in [1.82, 2.24) is 0 Å². The summed E-state index contributed by atoms with van der Waals surface area (Å²) < 4.78 is 0. The van der Waals surface area contributed by atoms with Gasteiger partial charge in [0.15, 0.2) is 0 Å². The van der Waals surface area contributed by atoms with Gasteiger partial charge in [-0.25, -0.2) is 0 Å². The molecule has 0 aliphatic carbocycles. The van der Waals surface area contributed by atoms with Crippen LogP contribution in [0.15, 0.2) is 16.8 Å². The van der Waals surface area contributed by atoms with Crippen LogP contribution in [0.4, 0.5) is 0 Å². The summed E-state index contributed by atoms with van der Waals surface area (Å²) in [7, 11) is 0. The lowest BCUT2D eigenvalue weighted by molar-refractivity contribution is 0.350. The summed E-state index contributed by atoms with van der Waals surface area (Å²) in [5, 5.41) is 4.24. The van der Waals surface area contributed by atoms with Gasteiger partial charge in [-0.15, -0.1) is 0 Å². The third-order valence-corrected chi connectivity index (χ3v) is 2.88. The van der Waals surface area contributed by atoms with Crippen LogP contribution in [0, 0.1) is 5.41 Å². The molecule has 1 rings (SSSR count). The van der Waals surface area contributed by atoms with Crippen LogP contribution >= 0.6 is 11.3 Å². The van der Waals surface area contributed by atoms with Crippen molar-refractivity contribution in [1.29, 1.82) is 0 Å². The van der Waals surface area contributed by atoms with Gasteiger partial charge >= 0.3 is 0 Å². The molecule has 0 aliphatic rings. The highest BCUT2D eigenvalue weighted by molar-refractivity contribution is 7.07. The third-order valence-electron chi connectivity index (χ3n) is 2.18. The Morgan fingerprint density at radius 3 is 2.62 bits per heavy atom. The summed E-state index contributed by atoms with van der Waals surface area (Å²) in [6, 6.07) is 2.35. The van der Waals surface area contributed by atoms with Gasteiger partial charge in [-0.1, -0.05) is 20.8 Å². The molecular weight excluding hydrogens is 178 g/mol. The standard InChI is InChI=1S/C11H19NS/c1-11(2,3)6-4-10(12)9-5-7-13-8-9/h5,7-8,10H,4,6,12H2,1-3H3. The van der Waals surface area contributed by atoms with E-state index in [2.05, 4.69) is 37.6 Å². The second kappa shape index (κ2) is 4.25. The van der Waals surface area contributed by atoms with E-state index in [1.54, 1.807) is 11.3 Å². The van der Waals surface area contributed by atoms with Crippen LogP contribution in [0.2, 0.25) is 0 Å². The van der Waals surface area contributed by atoms with E-state index >= 15 is 0 Å². The SMILES string of the molecule is CC(C)(C)CCC(N)c1ccsc1. The maximum atomic E-state index is 6.05. The van der Waals surface area contributed by atoms with E-state index in [9.17, 15) is 0 Å². The minimum Gasteiger partial charge on any atom is -0.324 e. The first-order valence-corrected chi connectivity index (χ1v) is 5.71. The molecule has 1 nitrogen and oxygen atoms in total. The zero-order valence-corrected chi connectivity index (χ0v) is 9.53. The molecule has 0 aliphatic heterocycles. The van der Waals surface area contributed by atoms with Crippen molar-refractivity contribution < 1.29 is 0 Å². The minimum atomic E-state index is 0.227. The Kier molecular flexibility index (Phi) is 3.51. The fourth-order valence-corrected chi connectivity index (χ4v) is 1.97. The van der Waals surface area contributed by atoms with E-state index in [1.165, 1.54) is 12.0 Å². The summed E-state index contributed by atoms with van der Waals surface area (Å²) >= 11 is 1.72. The lowest BCUT2D eigenvalue weighted by Gasteiger charge is -2.20. The van der Waals surface area contributed by atoms with Crippen LogP contribution < -0.4 is 5.73 Å². The molecule has 0 fully saturated rings. The van der Waals surface area contributed by atoms with Crippen LogP contribution in [0.5, 0.6) is 0 Å². The van der Waals surface area contributed by atoms with Crippen molar-refractivity contribution >= 4 is 11.3 Å². The van der Waals surface area contributed by atoms with Gasteiger partial charge in [0.2, 0.25) is 0 Å². The van der Waals surface area contributed by atoms with Gasteiger partial charge in [0.05, 0.1) is 0 Å². The molecule has 1 atom stereocenters. The first-order valence-electron chi connectivity index (χ1n) is 4.77. The van der Waals surface area contributed by atoms with E-state index in [4.69, 9.17) is 5.73 Å². The Morgan fingerprint density at radius 2 is 2.15 bits per heavy atom. The van der Waals surface area contributed by atoms with Crippen molar-refractivity contribution in [2.24, 2.45) is 11.1 Å². The summed E-state index contributed by atoms with van der Waals surface area (Å²) in [5.41, 5.74) is 7.74. The summed E-state index contributed by atoms with van der Waals surface area (Å²) in [4.78, 5) is 0. The zero-order valence-electron chi connectivity index (χ0n) is 8.71. The van der Waals surface area contributed by atoms with Crippen LogP contribution in [0.25, 0.3) is 0 Å². The van der Waals surface area contributed by atoms with E-state index in [0.717, 1.165) is 6.42 Å². The predicted octanol–water partition coefficient (Wildman–Crippen LogP) is 3.57. The topological polar surface area (TPSA) is 26.0 Å². The second-order valence-corrected chi connectivity index (χ2v) is 5.54. The molecule has 1 heterocycles. The zero-order chi connectivity index (χ0) is 9.90. The second-order valence-electron chi connectivity index (χ2n) is 4.76. The molecule has 1 aromatic heterocycles. The third kappa shape index (κ3) is 3.92. The monoisotopic (exact) mass is 197 g/mol. The number of nitrogens with two attached hydrogens (primary N) is 1. The van der Waals surface area contributed by atoms with Gasteiger partial charge in [0, 0.05) is 6.04 Å². The number of rotatable bonds is 3. The molecule has 1 unspecified atom stereocenters. The maximum absolute atomic E-state index is 6.05. The van der Waals surface area contributed by atoms with Gasteiger partial charge < -0.3 is 5.73 Å². The minimum absolute atomic E-state index is 0.227. The molecular formula is C11H19NS. The molecule has 0 radical (unpaired) electrons. The van der Waals surface area contributed by atoms with Gasteiger partial charge in [-0.2, -0.15) is 11.3 Å². The Labute approximate surface area is 85.0 Å². The molecule has 2 heteroatoms. The maximum Gasteiger partial charge on any atom is 0.0303 e. The summed E-state index contributed by atoms with van der Waals surface area (Å²) in [5.74, 6) is 0. The highest BCUT2D eigenvalue weighted by atomic mass is 32.1. The van der Waals surface area contributed by atoms with Crippen LogP contribution in [-0.2, 0) is 0 Å². The van der Waals surface area contributed by atoms with Crippen molar-refractivity contribution in [3.05, 3.63) is 22.4 Å². The molecule has 0 saturated heterocycles. The molecule has 1 aromatic rings. The summed E-state index contributed by atoms with van der Waals surface area (Å²) in [6.45, 7) is 6.77. The molecule has 2 N–H and O–H groups in total. The first kappa shape index (κ1) is 10.7. The molecule has 0 amide bonds. The predicted molar refractivity (Wildman–Crippen MR) is 59.9 cm³/mol. The van der Waals surface area contributed by atoms with Crippen molar-refractivity contribution in [2.75, 3.05) is 0 Å². The smallest absolute Gasteiger partial charge is 0.0303 e. The highest BCUT2D eigenvalue weighted by Gasteiger charge is 2.13. The fraction of sp³-hybridized carbons (Fsp3) is 0.636.